The average molecular weight is 527 g/mol. The summed E-state index contributed by atoms with van der Waals surface area (Å²) in [5, 5.41) is 2.67. The lowest BCUT2D eigenvalue weighted by Crippen LogP contribution is -2.27. The van der Waals surface area contributed by atoms with E-state index in [0.29, 0.717) is 43.5 Å². The zero-order valence-electron chi connectivity index (χ0n) is 22.9. The summed E-state index contributed by atoms with van der Waals surface area (Å²) in [6, 6.07) is 11.2. The van der Waals surface area contributed by atoms with E-state index in [2.05, 4.69) is 34.9 Å². The lowest BCUT2D eigenvalue weighted by atomic mass is 10.0. The highest BCUT2D eigenvalue weighted by atomic mass is 28.3. The second kappa shape index (κ2) is 10.5. The van der Waals surface area contributed by atoms with Gasteiger partial charge in [-0.15, -0.1) is 0 Å². The van der Waals surface area contributed by atoms with E-state index in [1.54, 1.807) is 0 Å². The number of rotatable bonds is 8. The van der Waals surface area contributed by atoms with Gasteiger partial charge in [-0.3, -0.25) is 9.88 Å². The maximum absolute atomic E-state index is 12.2. The van der Waals surface area contributed by atoms with Gasteiger partial charge >= 0.3 is 6.09 Å². The minimum atomic E-state index is -1.22. The summed E-state index contributed by atoms with van der Waals surface area (Å²) >= 11 is 0. The molecule has 1 saturated heterocycles. The second-order valence-electron chi connectivity index (χ2n) is 11.6. The number of hydrogen-bond acceptors (Lipinski definition) is 7. The summed E-state index contributed by atoms with van der Waals surface area (Å²) in [7, 11) is -1.22. The average Bonchev–Trinajstić information content (AvgIpc) is 3.39. The van der Waals surface area contributed by atoms with Gasteiger partial charge in [-0.1, -0.05) is 43.9 Å². The third-order valence-corrected chi connectivity index (χ3v) is 7.69. The molecule has 1 aromatic carbocycles. The van der Waals surface area contributed by atoms with E-state index in [1.165, 1.54) is 6.20 Å². The zero-order valence-corrected chi connectivity index (χ0v) is 23.9. The van der Waals surface area contributed by atoms with Crippen LogP contribution in [0, 0.1) is 0 Å². The van der Waals surface area contributed by atoms with Gasteiger partial charge in [0.1, 0.15) is 17.8 Å². The fourth-order valence-corrected chi connectivity index (χ4v) is 4.78. The SMILES string of the molecule is CC(C)(C)OC(=O)Nc1cnc2c(cc(-c3ccc(C4(C)OCCO4)cc3)n2COCC[Si](C)(C)C)n1. The second-order valence-corrected chi connectivity index (χ2v) is 17.2. The van der Waals surface area contributed by atoms with Gasteiger partial charge in [0.25, 0.3) is 0 Å². The molecule has 0 unspecified atom stereocenters. The van der Waals surface area contributed by atoms with Crippen molar-refractivity contribution in [3.63, 3.8) is 0 Å². The fourth-order valence-electron chi connectivity index (χ4n) is 4.02. The molecule has 0 atom stereocenters. The van der Waals surface area contributed by atoms with Crippen LogP contribution in [0.4, 0.5) is 10.6 Å². The van der Waals surface area contributed by atoms with Crippen molar-refractivity contribution in [2.24, 2.45) is 0 Å². The molecular weight excluding hydrogens is 488 g/mol. The molecule has 2 aromatic heterocycles. The predicted octanol–water partition coefficient (Wildman–Crippen LogP) is 5.98. The minimum absolute atomic E-state index is 0.323. The van der Waals surface area contributed by atoms with E-state index in [1.807, 2.05) is 62.6 Å². The fraction of sp³-hybridized carbons (Fsp3) is 0.519. The first-order valence-corrected chi connectivity index (χ1v) is 16.4. The molecule has 3 aromatic rings. The number of amides is 1. The van der Waals surface area contributed by atoms with Gasteiger partial charge < -0.3 is 18.9 Å². The van der Waals surface area contributed by atoms with Crippen molar-refractivity contribution in [2.75, 3.05) is 25.1 Å². The molecule has 0 spiro atoms. The number of fused-ring (bicyclic) bond motifs is 1. The molecule has 3 heterocycles. The van der Waals surface area contributed by atoms with E-state index >= 15 is 0 Å². The molecule has 4 rings (SSSR count). The molecule has 1 aliphatic rings. The van der Waals surface area contributed by atoms with Crippen molar-refractivity contribution >= 4 is 31.1 Å². The molecule has 0 aliphatic carbocycles. The molecule has 1 N–H and O–H groups in total. The van der Waals surface area contributed by atoms with Crippen LogP contribution in [-0.2, 0) is 31.5 Å². The number of aromatic nitrogens is 3. The van der Waals surface area contributed by atoms with Crippen LogP contribution in [0.25, 0.3) is 22.4 Å². The molecule has 200 valence electrons. The van der Waals surface area contributed by atoms with Crippen LogP contribution in [0.1, 0.15) is 33.3 Å². The normalized spacial score (nSPS) is 15.8. The standard InChI is InChI=1S/C27H38N4O5Si/c1-26(2,3)36-25(32)30-23-17-28-24-21(29-23)16-22(31(24)18-33-14-15-37(5,6)7)19-8-10-20(11-9-19)27(4)34-12-13-35-27/h8-11,16-17H,12-15,18H2,1-7H3,(H,29,30,32). The van der Waals surface area contributed by atoms with E-state index < -0.39 is 25.6 Å². The number of carbonyl (C=O) groups excluding carboxylic acids is 1. The first-order valence-electron chi connectivity index (χ1n) is 12.7. The Kier molecular flexibility index (Phi) is 7.75. The molecular formula is C27H38N4O5Si. The van der Waals surface area contributed by atoms with Crippen LogP contribution >= 0.6 is 0 Å². The number of ether oxygens (including phenoxy) is 4. The van der Waals surface area contributed by atoms with Crippen molar-refractivity contribution in [1.82, 2.24) is 14.5 Å². The third kappa shape index (κ3) is 6.95. The Bertz CT molecular complexity index is 1240. The molecule has 1 amide bonds. The lowest BCUT2D eigenvalue weighted by Gasteiger charge is -2.23. The maximum atomic E-state index is 12.2. The smallest absolute Gasteiger partial charge is 0.413 e. The van der Waals surface area contributed by atoms with Crippen LogP contribution in [0.5, 0.6) is 0 Å². The zero-order chi connectivity index (χ0) is 26.8. The number of nitrogens with zero attached hydrogens (tertiary/aromatic N) is 3. The minimum Gasteiger partial charge on any atom is -0.444 e. The monoisotopic (exact) mass is 526 g/mol. The Morgan fingerprint density at radius 2 is 1.84 bits per heavy atom. The highest BCUT2D eigenvalue weighted by molar-refractivity contribution is 6.76. The molecule has 37 heavy (non-hydrogen) atoms. The lowest BCUT2D eigenvalue weighted by molar-refractivity contribution is -0.149. The van der Waals surface area contributed by atoms with Crippen molar-refractivity contribution in [1.29, 1.82) is 0 Å². The van der Waals surface area contributed by atoms with Crippen LogP contribution in [0.2, 0.25) is 25.7 Å². The van der Waals surface area contributed by atoms with Gasteiger partial charge in [-0.2, -0.15) is 0 Å². The van der Waals surface area contributed by atoms with Gasteiger partial charge in [-0.25, -0.2) is 14.8 Å². The quantitative estimate of drug-likeness (QED) is 0.285. The summed E-state index contributed by atoms with van der Waals surface area (Å²) in [5.74, 6) is -0.403. The Labute approximate surface area is 219 Å². The van der Waals surface area contributed by atoms with Crippen molar-refractivity contribution in [2.45, 2.75) is 71.5 Å². The maximum Gasteiger partial charge on any atom is 0.413 e. The summed E-state index contributed by atoms with van der Waals surface area (Å²) < 4.78 is 25.1. The third-order valence-electron chi connectivity index (χ3n) is 5.99. The first-order chi connectivity index (χ1) is 17.3. The van der Waals surface area contributed by atoms with Crippen LogP contribution < -0.4 is 5.32 Å². The predicted molar refractivity (Wildman–Crippen MR) is 146 cm³/mol. The Hall–Kier alpha value is -2.79. The van der Waals surface area contributed by atoms with E-state index in [0.717, 1.165) is 22.9 Å². The number of carbonyl (C=O) groups is 1. The number of hydrogen-bond donors (Lipinski definition) is 1. The van der Waals surface area contributed by atoms with Gasteiger partial charge in [0.2, 0.25) is 0 Å². The van der Waals surface area contributed by atoms with Crippen LogP contribution in [-0.4, -0.2) is 54.1 Å². The first kappa shape index (κ1) is 27.2. The molecule has 9 nitrogen and oxygen atoms in total. The highest BCUT2D eigenvalue weighted by Crippen LogP contribution is 2.33. The summed E-state index contributed by atoms with van der Waals surface area (Å²) in [6.45, 7) is 16.6. The molecule has 0 bridgehead atoms. The molecule has 0 radical (unpaired) electrons. The number of nitrogens with one attached hydrogen (secondary N) is 1. The number of anilines is 1. The molecule has 0 saturated carbocycles. The summed E-state index contributed by atoms with van der Waals surface area (Å²) in [5.41, 5.74) is 3.58. The van der Waals surface area contributed by atoms with Crippen molar-refractivity contribution in [3.05, 3.63) is 42.1 Å². The van der Waals surface area contributed by atoms with Crippen LogP contribution in [0.3, 0.4) is 0 Å². The topological polar surface area (TPSA) is 96.7 Å². The van der Waals surface area contributed by atoms with E-state index in [9.17, 15) is 4.79 Å². The van der Waals surface area contributed by atoms with Crippen molar-refractivity contribution < 1.29 is 23.7 Å². The Morgan fingerprint density at radius 1 is 1.16 bits per heavy atom. The Morgan fingerprint density at radius 3 is 2.46 bits per heavy atom. The van der Waals surface area contributed by atoms with E-state index in [-0.39, 0.29) is 0 Å². The van der Waals surface area contributed by atoms with Gasteiger partial charge in [0.15, 0.2) is 17.3 Å². The summed E-state index contributed by atoms with van der Waals surface area (Å²) in [6.07, 6.45) is 0.962. The van der Waals surface area contributed by atoms with Crippen molar-refractivity contribution in [3.8, 4) is 11.3 Å². The molecule has 10 heteroatoms. The molecule has 1 fully saturated rings. The van der Waals surface area contributed by atoms with Gasteiger partial charge in [0, 0.05) is 20.2 Å². The highest BCUT2D eigenvalue weighted by Gasteiger charge is 2.33. The van der Waals surface area contributed by atoms with Gasteiger partial charge in [0.05, 0.1) is 25.1 Å². The van der Waals surface area contributed by atoms with Crippen LogP contribution in [0.15, 0.2) is 36.5 Å². The Balaban J connectivity index is 1.63. The van der Waals surface area contributed by atoms with E-state index in [4.69, 9.17) is 18.9 Å². The largest absolute Gasteiger partial charge is 0.444 e. The summed E-state index contributed by atoms with van der Waals surface area (Å²) in [4.78, 5) is 21.5. The van der Waals surface area contributed by atoms with Gasteiger partial charge in [-0.05, 0) is 45.4 Å². The number of benzene rings is 1. The molecule has 1 aliphatic heterocycles.